The van der Waals surface area contributed by atoms with Crippen LogP contribution in [0.3, 0.4) is 0 Å². The molecule has 4 N–H and O–H groups in total. The predicted molar refractivity (Wildman–Crippen MR) is 83.2 cm³/mol. The van der Waals surface area contributed by atoms with Gasteiger partial charge >= 0.3 is 11.9 Å². The van der Waals surface area contributed by atoms with Crippen molar-refractivity contribution in [1.82, 2.24) is 0 Å². The molecule has 0 bridgehead atoms. The van der Waals surface area contributed by atoms with Gasteiger partial charge in [-0.3, -0.25) is 0 Å². The number of aliphatic hydroxyl groups is 2. The summed E-state index contributed by atoms with van der Waals surface area (Å²) in [5.74, 6) is -2.24. The molecule has 0 aliphatic heterocycles. The van der Waals surface area contributed by atoms with E-state index in [1.165, 1.54) is 13.8 Å². The first kappa shape index (κ1) is 21.6. The SMILES string of the molecule is C[C@@](O)(C(=O)O)[Si](C)(C)C.C[C@](O)(C(=O)O)[Si](C)(C)C. The van der Waals surface area contributed by atoms with Crippen LogP contribution in [0.25, 0.3) is 0 Å². The van der Waals surface area contributed by atoms with E-state index in [2.05, 4.69) is 0 Å². The zero-order chi connectivity index (χ0) is 17.2. The second kappa shape index (κ2) is 6.38. The van der Waals surface area contributed by atoms with Crippen LogP contribution in [0.2, 0.25) is 39.3 Å². The van der Waals surface area contributed by atoms with Crippen LogP contribution in [-0.2, 0) is 9.59 Å². The monoisotopic (exact) mass is 324 g/mol. The molecule has 0 unspecified atom stereocenters. The Morgan fingerprint density at radius 3 is 0.850 bits per heavy atom. The van der Waals surface area contributed by atoms with Crippen molar-refractivity contribution in [3.05, 3.63) is 0 Å². The van der Waals surface area contributed by atoms with E-state index in [4.69, 9.17) is 10.2 Å². The van der Waals surface area contributed by atoms with Crippen LogP contribution in [0, 0.1) is 0 Å². The summed E-state index contributed by atoms with van der Waals surface area (Å²) in [5, 5.41) is 32.9. The fourth-order valence-corrected chi connectivity index (χ4v) is 1.92. The Morgan fingerprint density at radius 1 is 0.700 bits per heavy atom. The molecule has 0 saturated heterocycles. The summed E-state index contributed by atoms with van der Waals surface area (Å²) >= 11 is 0. The maximum Gasteiger partial charge on any atom is 0.331 e. The van der Waals surface area contributed by atoms with Gasteiger partial charge in [0, 0.05) is 0 Å². The van der Waals surface area contributed by atoms with E-state index in [0.717, 1.165) is 0 Å². The molecule has 120 valence electrons. The molecule has 6 nitrogen and oxygen atoms in total. The topological polar surface area (TPSA) is 115 Å². The van der Waals surface area contributed by atoms with Crippen molar-refractivity contribution < 1.29 is 30.0 Å². The van der Waals surface area contributed by atoms with Crippen LogP contribution >= 0.6 is 0 Å². The van der Waals surface area contributed by atoms with E-state index < -0.39 is 38.5 Å². The lowest BCUT2D eigenvalue weighted by molar-refractivity contribution is -0.150. The summed E-state index contributed by atoms with van der Waals surface area (Å²) in [4.78, 5) is 20.9. The van der Waals surface area contributed by atoms with E-state index in [0.29, 0.717) is 0 Å². The molecular weight excluding hydrogens is 296 g/mol. The number of hydrogen-bond donors (Lipinski definition) is 4. The third-order valence-corrected chi connectivity index (χ3v) is 10.0. The molecule has 0 aromatic carbocycles. The smallest absolute Gasteiger partial charge is 0.331 e. The van der Waals surface area contributed by atoms with Gasteiger partial charge in [-0.2, -0.15) is 0 Å². The summed E-state index contributed by atoms with van der Waals surface area (Å²) in [5.41, 5.74) is 0. The summed E-state index contributed by atoms with van der Waals surface area (Å²) in [6.45, 7) is 13.6. The highest BCUT2D eigenvalue weighted by molar-refractivity contribution is 6.82. The van der Waals surface area contributed by atoms with Crippen molar-refractivity contribution in [3.63, 3.8) is 0 Å². The zero-order valence-corrected chi connectivity index (χ0v) is 15.6. The minimum atomic E-state index is -1.99. The number of aliphatic carboxylic acids is 2. The van der Waals surface area contributed by atoms with E-state index in [9.17, 15) is 19.8 Å². The van der Waals surface area contributed by atoms with Gasteiger partial charge in [-0.05, 0) is 13.8 Å². The van der Waals surface area contributed by atoms with Gasteiger partial charge in [-0.15, -0.1) is 0 Å². The van der Waals surface area contributed by atoms with Crippen LogP contribution in [0.5, 0.6) is 0 Å². The Bertz CT molecular complexity index is 327. The second-order valence-corrected chi connectivity index (χ2v) is 18.2. The third kappa shape index (κ3) is 5.35. The van der Waals surface area contributed by atoms with Crippen LogP contribution in [0.15, 0.2) is 0 Å². The van der Waals surface area contributed by atoms with Gasteiger partial charge in [0.2, 0.25) is 0 Å². The van der Waals surface area contributed by atoms with Gasteiger partial charge in [0.1, 0.15) is 10.4 Å². The fourth-order valence-electron chi connectivity index (χ4n) is 0.642. The van der Waals surface area contributed by atoms with Crippen molar-refractivity contribution >= 4 is 28.1 Å². The third-order valence-electron chi connectivity index (χ3n) is 3.75. The van der Waals surface area contributed by atoms with Crippen molar-refractivity contribution in [2.45, 2.75) is 63.6 Å². The van der Waals surface area contributed by atoms with Crippen LogP contribution in [0.4, 0.5) is 0 Å². The molecule has 8 heteroatoms. The molecule has 2 atom stereocenters. The number of carboxylic acid groups (broad SMARTS) is 2. The van der Waals surface area contributed by atoms with Crippen molar-refractivity contribution in [2.24, 2.45) is 0 Å². The summed E-state index contributed by atoms with van der Waals surface area (Å²) < 4.78 is 0. The molecule has 0 aromatic heterocycles. The number of carboxylic acids is 2. The van der Waals surface area contributed by atoms with Gasteiger partial charge < -0.3 is 20.4 Å². The number of rotatable bonds is 4. The summed E-state index contributed by atoms with van der Waals surface area (Å²) in [6, 6.07) is 0. The molecule has 0 spiro atoms. The van der Waals surface area contributed by atoms with E-state index in [-0.39, 0.29) is 0 Å². The van der Waals surface area contributed by atoms with Gasteiger partial charge in [0.05, 0.1) is 16.1 Å². The van der Waals surface area contributed by atoms with Gasteiger partial charge in [0.15, 0.2) is 0 Å². The average Bonchev–Trinajstić information content (AvgIpc) is 2.14. The summed E-state index contributed by atoms with van der Waals surface area (Å²) in [7, 11) is -3.98. The Kier molecular flexibility index (Phi) is 6.88. The maximum absolute atomic E-state index is 10.5. The molecule has 0 rings (SSSR count). The Hall–Kier alpha value is -0.706. The number of carbonyl (C=O) groups is 2. The highest BCUT2D eigenvalue weighted by atomic mass is 28.3. The molecule has 0 aliphatic carbocycles. The minimum absolute atomic E-state index is 1.12. The van der Waals surface area contributed by atoms with Crippen molar-refractivity contribution in [1.29, 1.82) is 0 Å². The Labute approximate surface area is 122 Å². The maximum atomic E-state index is 10.5. The van der Waals surface area contributed by atoms with E-state index >= 15 is 0 Å². The lowest BCUT2D eigenvalue weighted by Gasteiger charge is -2.30. The minimum Gasteiger partial charge on any atom is -0.479 e. The van der Waals surface area contributed by atoms with Crippen molar-refractivity contribution in [2.75, 3.05) is 0 Å². The van der Waals surface area contributed by atoms with Crippen LogP contribution in [-0.4, -0.2) is 59.0 Å². The average molecular weight is 325 g/mol. The molecule has 0 heterocycles. The lowest BCUT2D eigenvalue weighted by atomic mass is 10.4. The molecule has 0 radical (unpaired) electrons. The standard InChI is InChI=1S/2C6H14O3Si/c2*1-6(9,5(7)8)10(2,3)4/h2*9H,1-4H3,(H,7,8)/t2*6-/m10/s1. The largest absolute Gasteiger partial charge is 0.479 e. The molecule has 0 amide bonds. The predicted octanol–water partition coefficient (Wildman–Crippen LogP) is 1.40. The van der Waals surface area contributed by atoms with Crippen LogP contribution < -0.4 is 0 Å². The van der Waals surface area contributed by atoms with E-state index in [1.807, 2.05) is 39.3 Å². The van der Waals surface area contributed by atoms with E-state index in [1.54, 1.807) is 0 Å². The Morgan fingerprint density at radius 2 is 0.850 bits per heavy atom. The molecule has 0 saturated carbocycles. The normalized spacial score (nSPS) is 18.1. The molecule has 0 aliphatic rings. The Balaban J connectivity index is 0. The molecule has 0 aromatic rings. The fraction of sp³-hybridized carbons (Fsp3) is 0.833. The highest BCUT2D eigenvalue weighted by Gasteiger charge is 2.44. The second-order valence-electron chi connectivity index (χ2n) is 7.25. The first-order valence-corrected chi connectivity index (χ1v) is 13.3. The molecule has 20 heavy (non-hydrogen) atoms. The quantitative estimate of drug-likeness (QED) is 0.581. The molecule has 0 fully saturated rings. The number of hydrogen-bond acceptors (Lipinski definition) is 4. The lowest BCUT2D eigenvalue weighted by Crippen LogP contribution is -2.55. The van der Waals surface area contributed by atoms with Gasteiger partial charge in [-0.1, -0.05) is 39.3 Å². The zero-order valence-electron chi connectivity index (χ0n) is 13.6. The highest BCUT2D eigenvalue weighted by Crippen LogP contribution is 2.20. The first-order chi connectivity index (χ1) is 8.39. The van der Waals surface area contributed by atoms with Gasteiger partial charge in [-0.25, -0.2) is 9.59 Å². The van der Waals surface area contributed by atoms with Crippen LogP contribution in [0.1, 0.15) is 13.8 Å². The summed E-state index contributed by atoms with van der Waals surface area (Å²) in [6.07, 6.45) is 0. The molecular formula is C12H28O6Si2. The van der Waals surface area contributed by atoms with Gasteiger partial charge in [0.25, 0.3) is 0 Å². The first-order valence-electron chi connectivity index (χ1n) is 6.30. The van der Waals surface area contributed by atoms with Crippen molar-refractivity contribution in [3.8, 4) is 0 Å².